The number of nitrogens with two attached hydrogens (primary N) is 1. The number of halogens is 1. The number of hydrogen-bond donors (Lipinski definition) is 3. The van der Waals surface area contributed by atoms with Gasteiger partial charge in [-0.05, 0) is 37.7 Å². The van der Waals surface area contributed by atoms with E-state index >= 15 is 0 Å². The molecule has 1 fully saturated rings. The highest BCUT2D eigenvalue weighted by atomic mass is 35.5. The first-order chi connectivity index (χ1) is 9.93. The average molecular weight is 312 g/mol. The van der Waals surface area contributed by atoms with Crippen LogP contribution in [0.2, 0.25) is 5.15 Å². The smallest absolute Gasteiger partial charge is 0.254 e. The zero-order chi connectivity index (χ0) is 15.5. The maximum atomic E-state index is 12.1. The topological polar surface area (TPSA) is 88.2 Å². The van der Waals surface area contributed by atoms with E-state index in [2.05, 4.69) is 17.2 Å². The Hall–Kier alpha value is -1.33. The van der Waals surface area contributed by atoms with Crippen molar-refractivity contribution in [3.8, 4) is 0 Å². The van der Waals surface area contributed by atoms with Gasteiger partial charge in [-0.25, -0.2) is 4.98 Å². The van der Waals surface area contributed by atoms with Crippen LogP contribution in [-0.4, -0.2) is 28.1 Å². The summed E-state index contributed by atoms with van der Waals surface area (Å²) >= 11 is 5.90. The van der Waals surface area contributed by atoms with Crippen LogP contribution in [0.15, 0.2) is 12.3 Å². The van der Waals surface area contributed by atoms with Crippen LogP contribution in [0, 0.1) is 5.92 Å². The number of aliphatic hydroxyl groups is 1. The molecule has 4 N–H and O–H groups in total. The first-order valence-electron chi connectivity index (χ1n) is 7.35. The molecule has 5 nitrogen and oxygen atoms in total. The van der Waals surface area contributed by atoms with Gasteiger partial charge in [-0.15, -0.1) is 0 Å². The van der Waals surface area contributed by atoms with E-state index in [1.807, 2.05) is 0 Å². The molecule has 0 radical (unpaired) electrons. The number of carbonyl (C=O) groups is 1. The van der Waals surface area contributed by atoms with Crippen LogP contribution in [0.5, 0.6) is 0 Å². The Kier molecular flexibility index (Phi) is 5.06. The van der Waals surface area contributed by atoms with Gasteiger partial charge < -0.3 is 16.2 Å². The summed E-state index contributed by atoms with van der Waals surface area (Å²) in [4.78, 5) is 16.0. The molecule has 1 saturated carbocycles. The molecule has 0 unspecified atom stereocenters. The van der Waals surface area contributed by atoms with E-state index in [0.717, 1.165) is 19.3 Å². The van der Waals surface area contributed by atoms with Gasteiger partial charge >= 0.3 is 0 Å². The highest BCUT2D eigenvalue weighted by Crippen LogP contribution is 2.33. The van der Waals surface area contributed by atoms with Crippen LogP contribution >= 0.6 is 11.6 Å². The number of aromatic nitrogens is 1. The zero-order valence-electron chi connectivity index (χ0n) is 12.2. The quantitative estimate of drug-likeness (QED) is 0.745. The van der Waals surface area contributed by atoms with Gasteiger partial charge in [0.1, 0.15) is 5.15 Å². The van der Waals surface area contributed by atoms with Crippen molar-refractivity contribution in [2.24, 2.45) is 5.92 Å². The number of nitrogens with one attached hydrogen (secondary N) is 1. The second-order valence-electron chi connectivity index (χ2n) is 5.87. The molecular weight excluding hydrogens is 290 g/mol. The summed E-state index contributed by atoms with van der Waals surface area (Å²) in [6.45, 7) is 2.40. The third kappa shape index (κ3) is 4.08. The molecule has 1 aromatic heterocycles. The summed E-state index contributed by atoms with van der Waals surface area (Å²) in [5, 5.41) is 13.4. The van der Waals surface area contributed by atoms with E-state index < -0.39 is 5.60 Å². The van der Waals surface area contributed by atoms with Crippen molar-refractivity contribution in [1.29, 1.82) is 0 Å². The number of hydrogen-bond acceptors (Lipinski definition) is 4. The fourth-order valence-corrected chi connectivity index (χ4v) is 2.95. The number of anilines is 1. The van der Waals surface area contributed by atoms with Crippen LogP contribution in [0.3, 0.4) is 0 Å². The minimum absolute atomic E-state index is 0.114. The highest BCUT2D eigenvalue weighted by molar-refractivity contribution is 6.32. The Balaban J connectivity index is 1.93. The van der Waals surface area contributed by atoms with Gasteiger partial charge in [0.25, 0.3) is 5.91 Å². The summed E-state index contributed by atoms with van der Waals surface area (Å²) in [7, 11) is 0. The Morgan fingerprint density at radius 3 is 2.86 bits per heavy atom. The lowest BCUT2D eigenvalue weighted by Crippen LogP contribution is -2.45. The molecule has 0 aliphatic heterocycles. The maximum absolute atomic E-state index is 12.1. The molecular formula is C15H22ClN3O2. The highest BCUT2D eigenvalue weighted by Gasteiger charge is 2.33. The first kappa shape index (κ1) is 16.0. The molecule has 1 aromatic rings. The molecule has 0 aromatic carbocycles. The SMILES string of the molecule is CCC1CCC(O)(CNC(=O)c2cc(N)cnc2Cl)CC1. The maximum Gasteiger partial charge on any atom is 0.254 e. The van der Waals surface area contributed by atoms with E-state index in [4.69, 9.17) is 17.3 Å². The molecule has 0 atom stereocenters. The molecule has 1 aliphatic carbocycles. The van der Waals surface area contributed by atoms with E-state index in [0.29, 0.717) is 24.4 Å². The molecule has 21 heavy (non-hydrogen) atoms. The molecule has 1 heterocycles. The lowest BCUT2D eigenvalue weighted by Gasteiger charge is -2.35. The Labute approximate surface area is 129 Å². The molecule has 2 rings (SSSR count). The molecule has 6 heteroatoms. The van der Waals surface area contributed by atoms with Crippen molar-refractivity contribution < 1.29 is 9.90 Å². The molecule has 0 spiro atoms. The summed E-state index contributed by atoms with van der Waals surface area (Å²) < 4.78 is 0. The summed E-state index contributed by atoms with van der Waals surface area (Å²) in [6, 6.07) is 1.49. The van der Waals surface area contributed by atoms with Crippen molar-refractivity contribution in [3.05, 3.63) is 23.0 Å². The van der Waals surface area contributed by atoms with Crippen molar-refractivity contribution in [3.63, 3.8) is 0 Å². The Morgan fingerprint density at radius 2 is 2.24 bits per heavy atom. The lowest BCUT2D eigenvalue weighted by molar-refractivity contribution is -0.00786. The normalized spacial score (nSPS) is 25.6. The van der Waals surface area contributed by atoms with Crippen molar-refractivity contribution >= 4 is 23.2 Å². The number of carbonyl (C=O) groups excluding carboxylic acids is 1. The fraction of sp³-hybridized carbons (Fsp3) is 0.600. The fourth-order valence-electron chi connectivity index (χ4n) is 2.76. The predicted molar refractivity (Wildman–Crippen MR) is 83.2 cm³/mol. The summed E-state index contributed by atoms with van der Waals surface area (Å²) in [6.07, 6.45) is 5.99. The lowest BCUT2D eigenvalue weighted by atomic mass is 9.78. The zero-order valence-corrected chi connectivity index (χ0v) is 13.0. The van der Waals surface area contributed by atoms with Gasteiger partial charge in [-0.2, -0.15) is 0 Å². The predicted octanol–water partition coefficient (Wildman–Crippen LogP) is 2.38. The van der Waals surface area contributed by atoms with Crippen molar-refractivity contribution in [2.75, 3.05) is 12.3 Å². The summed E-state index contributed by atoms with van der Waals surface area (Å²) in [5.41, 5.74) is 5.41. The monoisotopic (exact) mass is 311 g/mol. The van der Waals surface area contributed by atoms with Gasteiger partial charge in [-0.3, -0.25) is 4.79 Å². The molecule has 0 bridgehead atoms. The van der Waals surface area contributed by atoms with Crippen LogP contribution < -0.4 is 11.1 Å². The van der Waals surface area contributed by atoms with E-state index in [1.165, 1.54) is 12.3 Å². The van der Waals surface area contributed by atoms with Crippen molar-refractivity contribution in [1.82, 2.24) is 10.3 Å². The number of nitrogen functional groups attached to an aromatic ring is 1. The number of rotatable bonds is 4. The van der Waals surface area contributed by atoms with Gasteiger partial charge in [0, 0.05) is 6.54 Å². The number of pyridine rings is 1. The van der Waals surface area contributed by atoms with Crippen molar-refractivity contribution in [2.45, 2.75) is 44.6 Å². The van der Waals surface area contributed by atoms with E-state index in [-0.39, 0.29) is 23.2 Å². The average Bonchev–Trinajstić information content (AvgIpc) is 2.48. The number of amides is 1. The second-order valence-corrected chi connectivity index (χ2v) is 6.22. The Bertz CT molecular complexity index is 514. The van der Waals surface area contributed by atoms with Gasteiger partial charge in [-0.1, -0.05) is 24.9 Å². The van der Waals surface area contributed by atoms with Crippen LogP contribution in [0.1, 0.15) is 49.4 Å². The first-order valence-corrected chi connectivity index (χ1v) is 7.73. The standard InChI is InChI=1S/C15H22ClN3O2/c1-2-10-3-5-15(21,6-4-10)9-19-14(20)12-7-11(17)8-18-13(12)16/h7-8,10,21H,2-6,9,17H2,1H3,(H,19,20). The van der Waals surface area contributed by atoms with Gasteiger partial charge in [0.05, 0.1) is 23.0 Å². The Morgan fingerprint density at radius 1 is 1.57 bits per heavy atom. The van der Waals surface area contributed by atoms with Crippen LogP contribution in [-0.2, 0) is 0 Å². The van der Waals surface area contributed by atoms with E-state index in [1.54, 1.807) is 0 Å². The summed E-state index contributed by atoms with van der Waals surface area (Å²) in [5.74, 6) is 0.333. The van der Waals surface area contributed by atoms with Gasteiger partial charge in [0.15, 0.2) is 0 Å². The number of nitrogens with zero attached hydrogens (tertiary/aromatic N) is 1. The minimum atomic E-state index is -0.818. The van der Waals surface area contributed by atoms with Gasteiger partial charge in [0.2, 0.25) is 0 Å². The minimum Gasteiger partial charge on any atom is -0.397 e. The van der Waals surface area contributed by atoms with E-state index in [9.17, 15) is 9.90 Å². The molecule has 1 amide bonds. The second kappa shape index (κ2) is 6.62. The largest absolute Gasteiger partial charge is 0.397 e. The molecule has 116 valence electrons. The third-order valence-corrected chi connectivity index (χ3v) is 4.60. The van der Waals surface area contributed by atoms with Crippen LogP contribution in [0.4, 0.5) is 5.69 Å². The molecule has 1 aliphatic rings. The molecule has 0 saturated heterocycles. The third-order valence-electron chi connectivity index (χ3n) is 4.30. The van der Waals surface area contributed by atoms with Crippen LogP contribution in [0.25, 0.3) is 0 Å².